The number of hydrogen-bond acceptors (Lipinski definition) is 6. The number of hydrogen-bond donors (Lipinski definition) is 1. The molecule has 0 amide bonds. The van der Waals surface area contributed by atoms with Crippen molar-refractivity contribution >= 4 is 29.0 Å². The number of nitrogens with two attached hydrogens (primary N) is 1. The summed E-state index contributed by atoms with van der Waals surface area (Å²) >= 11 is 6.00. The molecule has 2 N–H and O–H groups in total. The third-order valence-electron chi connectivity index (χ3n) is 4.15. The SMILES string of the molecule is Nc1nc(Cl)cc(N2CCC[C@H](c3nnc4ccccn34)C2)n1. The van der Waals surface area contributed by atoms with Crippen LogP contribution in [-0.4, -0.2) is 37.7 Å². The molecule has 118 valence electrons. The monoisotopic (exact) mass is 329 g/mol. The summed E-state index contributed by atoms with van der Waals surface area (Å²) in [6, 6.07) is 7.67. The third kappa shape index (κ3) is 2.68. The summed E-state index contributed by atoms with van der Waals surface area (Å²) in [6.45, 7) is 1.72. The van der Waals surface area contributed by atoms with Crippen molar-refractivity contribution in [1.29, 1.82) is 0 Å². The highest BCUT2D eigenvalue weighted by molar-refractivity contribution is 6.29. The summed E-state index contributed by atoms with van der Waals surface area (Å²) in [5.74, 6) is 2.23. The number of piperidine rings is 1. The largest absolute Gasteiger partial charge is 0.368 e. The first kappa shape index (κ1) is 14.2. The lowest BCUT2D eigenvalue weighted by molar-refractivity contribution is 0.486. The number of nitrogen functional groups attached to an aromatic ring is 1. The number of aromatic nitrogens is 5. The van der Waals surface area contributed by atoms with Gasteiger partial charge in [0.25, 0.3) is 0 Å². The van der Waals surface area contributed by atoms with Crippen LogP contribution in [0.25, 0.3) is 5.65 Å². The van der Waals surface area contributed by atoms with E-state index in [1.807, 2.05) is 24.4 Å². The quantitative estimate of drug-likeness (QED) is 0.725. The van der Waals surface area contributed by atoms with E-state index in [2.05, 4.69) is 29.5 Å². The molecule has 1 aliphatic heterocycles. The highest BCUT2D eigenvalue weighted by Crippen LogP contribution is 2.29. The van der Waals surface area contributed by atoms with Crippen LogP contribution in [0.1, 0.15) is 24.6 Å². The zero-order valence-electron chi connectivity index (χ0n) is 12.4. The summed E-state index contributed by atoms with van der Waals surface area (Å²) in [6.07, 6.45) is 4.12. The Kier molecular flexibility index (Phi) is 3.49. The number of nitrogens with zero attached hydrogens (tertiary/aromatic N) is 6. The molecule has 8 heteroatoms. The van der Waals surface area contributed by atoms with Crippen molar-refractivity contribution < 1.29 is 0 Å². The number of halogens is 1. The van der Waals surface area contributed by atoms with Gasteiger partial charge in [0, 0.05) is 31.3 Å². The molecule has 4 rings (SSSR count). The Balaban J connectivity index is 1.64. The summed E-state index contributed by atoms with van der Waals surface area (Å²) in [5.41, 5.74) is 6.58. The molecule has 0 saturated carbocycles. The Morgan fingerprint density at radius 2 is 2.13 bits per heavy atom. The van der Waals surface area contributed by atoms with Crippen LogP contribution >= 0.6 is 11.6 Å². The van der Waals surface area contributed by atoms with Gasteiger partial charge in [0.2, 0.25) is 5.95 Å². The normalized spacial score (nSPS) is 18.5. The van der Waals surface area contributed by atoms with Crippen LogP contribution in [0, 0.1) is 0 Å². The topological polar surface area (TPSA) is 85.2 Å². The molecule has 7 nitrogen and oxygen atoms in total. The molecule has 1 fully saturated rings. The second kappa shape index (κ2) is 5.66. The average molecular weight is 330 g/mol. The van der Waals surface area contributed by atoms with Gasteiger partial charge in [-0.25, -0.2) is 4.98 Å². The minimum Gasteiger partial charge on any atom is -0.368 e. The van der Waals surface area contributed by atoms with Crippen molar-refractivity contribution in [1.82, 2.24) is 24.6 Å². The van der Waals surface area contributed by atoms with Crippen LogP contribution in [0.15, 0.2) is 30.5 Å². The maximum Gasteiger partial charge on any atom is 0.223 e. The first-order chi connectivity index (χ1) is 11.2. The number of rotatable bonds is 2. The molecule has 0 aromatic carbocycles. The van der Waals surface area contributed by atoms with Gasteiger partial charge in [-0.05, 0) is 25.0 Å². The minimum atomic E-state index is 0.197. The highest BCUT2D eigenvalue weighted by atomic mass is 35.5. The van der Waals surface area contributed by atoms with Crippen LogP contribution in [0.5, 0.6) is 0 Å². The fraction of sp³-hybridized carbons (Fsp3) is 0.333. The highest BCUT2D eigenvalue weighted by Gasteiger charge is 2.26. The van der Waals surface area contributed by atoms with Gasteiger partial charge in [0.15, 0.2) is 5.65 Å². The molecule has 1 saturated heterocycles. The molecule has 1 atom stereocenters. The maximum absolute atomic E-state index is 6.00. The Morgan fingerprint density at radius 1 is 1.22 bits per heavy atom. The first-order valence-corrected chi connectivity index (χ1v) is 7.93. The molecule has 3 aromatic heterocycles. The molecule has 0 radical (unpaired) electrons. The van der Waals surface area contributed by atoms with E-state index >= 15 is 0 Å². The van der Waals surface area contributed by atoms with Gasteiger partial charge in [-0.2, -0.15) is 4.98 Å². The van der Waals surface area contributed by atoms with Crippen molar-refractivity contribution in [2.45, 2.75) is 18.8 Å². The van der Waals surface area contributed by atoms with Crippen LogP contribution < -0.4 is 10.6 Å². The van der Waals surface area contributed by atoms with Gasteiger partial charge in [0.05, 0.1) is 0 Å². The molecular weight excluding hydrogens is 314 g/mol. The predicted octanol–water partition coefficient (Wildman–Crippen LogP) is 2.14. The maximum atomic E-state index is 6.00. The van der Waals surface area contributed by atoms with Gasteiger partial charge >= 0.3 is 0 Å². The Hall–Kier alpha value is -2.41. The van der Waals surface area contributed by atoms with Crippen molar-refractivity contribution in [3.05, 3.63) is 41.4 Å². The van der Waals surface area contributed by atoms with Crippen molar-refractivity contribution in [3.63, 3.8) is 0 Å². The molecule has 0 spiro atoms. The second-order valence-electron chi connectivity index (χ2n) is 5.68. The summed E-state index contributed by atoms with van der Waals surface area (Å²) in [7, 11) is 0. The van der Waals surface area contributed by atoms with E-state index in [1.165, 1.54) is 0 Å². The van der Waals surface area contributed by atoms with E-state index in [0.29, 0.717) is 5.15 Å². The molecule has 0 unspecified atom stereocenters. The molecule has 0 bridgehead atoms. The van der Waals surface area contributed by atoms with E-state index in [-0.39, 0.29) is 11.9 Å². The summed E-state index contributed by atoms with van der Waals surface area (Å²) in [5, 5.41) is 9.00. The number of fused-ring (bicyclic) bond motifs is 1. The number of anilines is 2. The molecule has 1 aliphatic rings. The fourth-order valence-electron chi connectivity index (χ4n) is 3.12. The lowest BCUT2D eigenvalue weighted by Gasteiger charge is -2.32. The lowest BCUT2D eigenvalue weighted by atomic mass is 9.97. The van der Waals surface area contributed by atoms with Crippen LogP contribution in [0.4, 0.5) is 11.8 Å². The van der Waals surface area contributed by atoms with E-state index in [0.717, 1.165) is 43.2 Å². The Morgan fingerprint density at radius 3 is 3.00 bits per heavy atom. The smallest absolute Gasteiger partial charge is 0.223 e. The second-order valence-corrected chi connectivity index (χ2v) is 6.07. The van der Waals surface area contributed by atoms with Gasteiger partial charge in [-0.3, -0.25) is 4.40 Å². The predicted molar refractivity (Wildman–Crippen MR) is 88.6 cm³/mol. The lowest BCUT2D eigenvalue weighted by Crippen LogP contribution is -2.35. The van der Waals surface area contributed by atoms with Crippen molar-refractivity contribution in [3.8, 4) is 0 Å². The Labute approximate surface area is 138 Å². The average Bonchev–Trinajstić information content (AvgIpc) is 2.98. The van der Waals surface area contributed by atoms with Crippen molar-refractivity contribution in [2.75, 3.05) is 23.7 Å². The van der Waals surface area contributed by atoms with Gasteiger partial charge in [-0.15, -0.1) is 10.2 Å². The molecular formula is C15H16ClN7. The van der Waals surface area contributed by atoms with Crippen molar-refractivity contribution in [2.24, 2.45) is 0 Å². The van der Waals surface area contributed by atoms with E-state index in [1.54, 1.807) is 6.07 Å². The Bertz CT molecular complexity index is 826. The van der Waals surface area contributed by atoms with Crippen LogP contribution in [0.2, 0.25) is 5.15 Å². The fourth-order valence-corrected chi connectivity index (χ4v) is 3.30. The zero-order valence-corrected chi connectivity index (χ0v) is 13.2. The molecule has 4 heterocycles. The van der Waals surface area contributed by atoms with Gasteiger partial charge < -0.3 is 10.6 Å². The van der Waals surface area contributed by atoms with Gasteiger partial charge in [0.1, 0.15) is 16.8 Å². The minimum absolute atomic E-state index is 0.197. The third-order valence-corrected chi connectivity index (χ3v) is 4.34. The van der Waals surface area contributed by atoms with Gasteiger partial charge in [-0.1, -0.05) is 17.7 Å². The zero-order chi connectivity index (χ0) is 15.8. The molecule has 0 aliphatic carbocycles. The summed E-state index contributed by atoms with van der Waals surface area (Å²) in [4.78, 5) is 10.4. The summed E-state index contributed by atoms with van der Waals surface area (Å²) < 4.78 is 2.05. The van der Waals surface area contributed by atoms with E-state index in [4.69, 9.17) is 17.3 Å². The van der Waals surface area contributed by atoms with E-state index < -0.39 is 0 Å². The number of pyridine rings is 1. The van der Waals surface area contributed by atoms with Crippen LogP contribution in [0.3, 0.4) is 0 Å². The first-order valence-electron chi connectivity index (χ1n) is 7.55. The molecule has 23 heavy (non-hydrogen) atoms. The van der Waals surface area contributed by atoms with Crippen LogP contribution in [-0.2, 0) is 0 Å². The van der Waals surface area contributed by atoms with E-state index in [9.17, 15) is 0 Å². The molecule has 3 aromatic rings. The standard InChI is InChI=1S/C15H16ClN7/c16-11-8-13(19-15(17)18-11)22-6-3-4-10(9-22)14-21-20-12-5-1-2-7-23(12)14/h1-2,5,7-8,10H,3-4,6,9H2,(H2,17,18,19)/t10-/m0/s1.